The number of aryl methyl sites for hydroxylation is 2. The van der Waals surface area contributed by atoms with E-state index in [-0.39, 0.29) is 5.03 Å². The zero-order valence-electron chi connectivity index (χ0n) is 12.3. The van der Waals surface area contributed by atoms with Crippen molar-refractivity contribution in [2.75, 3.05) is 11.3 Å². The number of pyridine rings is 1. The number of anilines is 1. The Morgan fingerprint density at radius 3 is 2.71 bits per heavy atom. The summed E-state index contributed by atoms with van der Waals surface area (Å²) in [5, 5.41) is 9.49. The van der Waals surface area contributed by atoms with Crippen molar-refractivity contribution in [2.45, 2.75) is 32.3 Å². The van der Waals surface area contributed by atoms with Crippen molar-refractivity contribution in [1.29, 1.82) is 0 Å². The lowest BCUT2D eigenvalue weighted by Gasteiger charge is -2.09. The standard InChI is InChI=1S/C13H19N5O2S/c1-4-14-7-11-8-15-17-13(11)21(19,20)18-12-6-9(2)5-10(3)16-12/h5-6,8,14H,4,7H2,1-3H3,(H,15,17)(H,16,18). The molecule has 0 atom stereocenters. The second-order valence-electron chi connectivity index (χ2n) is 4.78. The zero-order chi connectivity index (χ0) is 15.5. The van der Waals surface area contributed by atoms with Crippen LogP contribution in [-0.4, -0.2) is 30.1 Å². The van der Waals surface area contributed by atoms with Crippen LogP contribution in [0, 0.1) is 13.8 Å². The zero-order valence-corrected chi connectivity index (χ0v) is 13.1. The van der Waals surface area contributed by atoms with E-state index in [0.29, 0.717) is 17.9 Å². The fourth-order valence-electron chi connectivity index (χ4n) is 2.00. The van der Waals surface area contributed by atoms with Crippen molar-refractivity contribution in [3.05, 3.63) is 35.2 Å². The molecular formula is C13H19N5O2S. The van der Waals surface area contributed by atoms with Gasteiger partial charge in [-0.3, -0.25) is 9.82 Å². The van der Waals surface area contributed by atoms with Gasteiger partial charge in [0.25, 0.3) is 10.0 Å². The Morgan fingerprint density at radius 2 is 2.05 bits per heavy atom. The summed E-state index contributed by atoms with van der Waals surface area (Å²) < 4.78 is 27.3. The number of hydrogen-bond acceptors (Lipinski definition) is 5. The number of rotatable bonds is 6. The first-order chi connectivity index (χ1) is 9.92. The topological polar surface area (TPSA) is 99.8 Å². The van der Waals surface area contributed by atoms with E-state index in [1.54, 1.807) is 6.07 Å². The average molecular weight is 309 g/mol. The molecule has 0 aliphatic carbocycles. The number of aromatic nitrogens is 3. The van der Waals surface area contributed by atoms with Gasteiger partial charge in [0, 0.05) is 17.8 Å². The highest BCUT2D eigenvalue weighted by Crippen LogP contribution is 2.17. The third-order valence-electron chi connectivity index (χ3n) is 2.85. The van der Waals surface area contributed by atoms with E-state index >= 15 is 0 Å². The molecule has 3 N–H and O–H groups in total. The Labute approximate surface area is 124 Å². The summed E-state index contributed by atoms with van der Waals surface area (Å²) in [5.74, 6) is 0.302. The molecule has 0 spiro atoms. The molecule has 0 aromatic carbocycles. The van der Waals surface area contributed by atoms with Gasteiger partial charge in [-0.05, 0) is 38.1 Å². The number of sulfonamides is 1. The number of nitrogens with zero attached hydrogens (tertiary/aromatic N) is 2. The molecular weight excluding hydrogens is 290 g/mol. The molecule has 2 aromatic heterocycles. The quantitative estimate of drug-likeness (QED) is 0.747. The van der Waals surface area contributed by atoms with E-state index < -0.39 is 10.0 Å². The summed E-state index contributed by atoms with van der Waals surface area (Å²) in [6.45, 7) is 6.84. The highest BCUT2D eigenvalue weighted by molar-refractivity contribution is 7.92. The van der Waals surface area contributed by atoms with Crippen molar-refractivity contribution in [2.24, 2.45) is 0 Å². The minimum absolute atomic E-state index is 0.0596. The second kappa shape index (κ2) is 6.23. The molecule has 2 heterocycles. The smallest absolute Gasteiger partial charge is 0.280 e. The molecule has 2 rings (SSSR count). The van der Waals surface area contributed by atoms with Gasteiger partial charge in [-0.2, -0.15) is 13.5 Å². The lowest BCUT2D eigenvalue weighted by molar-refractivity contribution is 0.594. The minimum atomic E-state index is -3.74. The van der Waals surface area contributed by atoms with Crippen LogP contribution in [-0.2, 0) is 16.6 Å². The molecule has 2 aromatic rings. The molecule has 0 fully saturated rings. The Balaban J connectivity index is 2.28. The molecule has 0 unspecified atom stereocenters. The van der Waals surface area contributed by atoms with E-state index in [2.05, 4.69) is 25.2 Å². The first-order valence-corrected chi connectivity index (χ1v) is 8.11. The maximum Gasteiger partial charge on any atom is 0.280 e. The fraction of sp³-hybridized carbons (Fsp3) is 0.385. The summed E-state index contributed by atoms with van der Waals surface area (Å²) in [5.41, 5.74) is 2.29. The van der Waals surface area contributed by atoms with Gasteiger partial charge >= 0.3 is 0 Å². The van der Waals surface area contributed by atoms with Crippen LogP contribution in [0.25, 0.3) is 0 Å². The molecule has 7 nitrogen and oxygen atoms in total. The molecule has 0 saturated heterocycles. The van der Waals surface area contributed by atoms with Crippen LogP contribution < -0.4 is 10.0 Å². The van der Waals surface area contributed by atoms with E-state index in [0.717, 1.165) is 17.8 Å². The molecule has 0 aliphatic heterocycles. The maximum absolute atomic E-state index is 12.4. The molecule has 0 aliphatic rings. The van der Waals surface area contributed by atoms with Crippen LogP contribution >= 0.6 is 0 Å². The second-order valence-corrected chi connectivity index (χ2v) is 6.40. The molecule has 21 heavy (non-hydrogen) atoms. The van der Waals surface area contributed by atoms with Gasteiger partial charge in [0.15, 0.2) is 5.03 Å². The van der Waals surface area contributed by atoms with Crippen molar-refractivity contribution in [1.82, 2.24) is 20.5 Å². The number of hydrogen-bond donors (Lipinski definition) is 3. The first kappa shape index (κ1) is 15.5. The van der Waals surface area contributed by atoms with Gasteiger partial charge in [-0.1, -0.05) is 6.92 Å². The molecule has 8 heteroatoms. The lowest BCUT2D eigenvalue weighted by Crippen LogP contribution is -2.19. The maximum atomic E-state index is 12.4. The highest BCUT2D eigenvalue weighted by Gasteiger charge is 2.21. The SMILES string of the molecule is CCNCc1cn[nH]c1S(=O)(=O)Nc1cc(C)cc(C)n1. The molecule has 0 saturated carbocycles. The predicted octanol–water partition coefficient (Wildman–Crippen LogP) is 1.33. The molecule has 0 radical (unpaired) electrons. The average Bonchev–Trinajstić information content (AvgIpc) is 2.83. The van der Waals surface area contributed by atoms with Crippen LogP contribution in [0.2, 0.25) is 0 Å². The molecule has 114 valence electrons. The number of nitrogens with one attached hydrogen (secondary N) is 3. The summed E-state index contributed by atoms with van der Waals surface area (Å²) in [4.78, 5) is 4.18. The predicted molar refractivity (Wildman–Crippen MR) is 80.5 cm³/mol. The fourth-order valence-corrected chi connectivity index (χ4v) is 3.12. The van der Waals surface area contributed by atoms with Crippen LogP contribution in [0.5, 0.6) is 0 Å². The Hall–Kier alpha value is -1.93. The highest BCUT2D eigenvalue weighted by atomic mass is 32.2. The lowest BCUT2D eigenvalue weighted by atomic mass is 10.2. The number of aromatic amines is 1. The summed E-state index contributed by atoms with van der Waals surface area (Å²) in [7, 11) is -3.74. The van der Waals surface area contributed by atoms with Crippen molar-refractivity contribution in [3.8, 4) is 0 Å². The van der Waals surface area contributed by atoms with E-state index in [4.69, 9.17) is 0 Å². The van der Waals surface area contributed by atoms with Gasteiger partial charge < -0.3 is 5.32 Å². The van der Waals surface area contributed by atoms with Crippen LogP contribution in [0.15, 0.2) is 23.4 Å². The van der Waals surface area contributed by atoms with Gasteiger partial charge in [0.05, 0.1) is 6.20 Å². The van der Waals surface area contributed by atoms with Gasteiger partial charge in [0.2, 0.25) is 0 Å². The van der Waals surface area contributed by atoms with Crippen molar-refractivity contribution >= 4 is 15.8 Å². The van der Waals surface area contributed by atoms with Crippen molar-refractivity contribution in [3.63, 3.8) is 0 Å². The Morgan fingerprint density at radius 1 is 1.29 bits per heavy atom. The van der Waals surface area contributed by atoms with Gasteiger partial charge in [-0.15, -0.1) is 0 Å². The summed E-state index contributed by atoms with van der Waals surface area (Å²) in [6.07, 6.45) is 1.51. The molecule has 0 bridgehead atoms. The monoisotopic (exact) mass is 309 g/mol. The third kappa shape index (κ3) is 3.79. The van der Waals surface area contributed by atoms with Crippen LogP contribution in [0.3, 0.4) is 0 Å². The summed E-state index contributed by atoms with van der Waals surface area (Å²) >= 11 is 0. The summed E-state index contributed by atoms with van der Waals surface area (Å²) in [6, 6.07) is 3.56. The third-order valence-corrected chi connectivity index (χ3v) is 4.22. The number of H-pyrrole nitrogens is 1. The first-order valence-electron chi connectivity index (χ1n) is 6.63. The van der Waals surface area contributed by atoms with Crippen molar-refractivity contribution < 1.29 is 8.42 Å². The minimum Gasteiger partial charge on any atom is -0.313 e. The normalized spacial score (nSPS) is 11.6. The van der Waals surface area contributed by atoms with Gasteiger partial charge in [-0.25, -0.2) is 4.98 Å². The largest absolute Gasteiger partial charge is 0.313 e. The molecule has 0 amide bonds. The van der Waals surface area contributed by atoms with Crippen LogP contribution in [0.4, 0.5) is 5.82 Å². The Bertz CT molecular complexity index is 704. The Kier molecular flexibility index (Phi) is 4.59. The van der Waals surface area contributed by atoms with Gasteiger partial charge in [0.1, 0.15) is 5.82 Å². The van der Waals surface area contributed by atoms with E-state index in [1.165, 1.54) is 6.20 Å². The van der Waals surface area contributed by atoms with E-state index in [1.807, 2.05) is 26.8 Å². The van der Waals surface area contributed by atoms with E-state index in [9.17, 15) is 8.42 Å². The van der Waals surface area contributed by atoms with Crippen LogP contribution in [0.1, 0.15) is 23.7 Å².